The molecule has 0 aromatic heterocycles. The van der Waals surface area contributed by atoms with Crippen molar-refractivity contribution in [2.45, 2.75) is 44.1 Å². The molecule has 2 aliphatic rings. The van der Waals surface area contributed by atoms with Gasteiger partial charge in [0, 0.05) is 25.9 Å². The van der Waals surface area contributed by atoms with Crippen molar-refractivity contribution in [3.8, 4) is 11.5 Å². The first-order chi connectivity index (χ1) is 13.5. The summed E-state index contributed by atoms with van der Waals surface area (Å²) in [4.78, 5) is 27.2. The van der Waals surface area contributed by atoms with Crippen molar-refractivity contribution >= 4 is 11.7 Å². The molecule has 1 unspecified atom stereocenters. The third-order valence-corrected chi connectivity index (χ3v) is 5.81. The summed E-state index contributed by atoms with van der Waals surface area (Å²) >= 11 is 0. The van der Waals surface area contributed by atoms with Crippen LogP contribution in [-0.4, -0.2) is 40.4 Å². The number of amides is 1. The largest absolute Gasteiger partial charge is 0.508 e. The third-order valence-electron chi connectivity index (χ3n) is 5.81. The number of hydrogen-bond donors (Lipinski definition) is 1. The lowest BCUT2D eigenvalue weighted by atomic mass is 9.84. The maximum Gasteiger partial charge on any atom is 0.222 e. The van der Waals surface area contributed by atoms with Crippen LogP contribution < -0.4 is 4.74 Å². The van der Waals surface area contributed by atoms with Gasteiger partial charge in [0.25, 0.3) is 0 Å². The fourth-order valence-electron chi connectivity index (χ4n) is 4.21. The standard InChI is InChI=1S/C23H25NO4/c25-18-9-6-17(7-10-18)8-11-22(27)24-14-3-12-23(13-15-24)16-20(26)19-4-1-2-5-21(19)28-23/h1-2,4-7,9-10,25H,3,8,11-16H2. The summed E-state index contributed by atoms with van der Waals surface area (Å²) in [5, 5.41) is 9.36. The van der Waals surface area contributed by atoms with E-state index in [0.717, 1.165) is 18.4 Å². The number of ketones is 1. The van der Waals surface area contributed by atoms with E-state index in [1.54, 1.807) is 12.1 Å². The van der Waals surface area contributed by atoms with Gasteiger partial charge in [-0.05, 0) is 49.1 Å². The molecule has 5 nitrogen and oxygen atoms in total. The van der Waals surface area contributed by atoms with Crippen molar-refractivity contribution in [2.75, 3.05) is 13.1 Å². The molecule has 1 amide bonds. The number of para-hydroxylation sites is 1. The molecule has 0 radical (unpaired) electrons. The SMILES string of the molecule is O=C1CC2(CCCN(C(=O)CCc3ccc(O)cc3)CC2)Oc2ccccc21. The molecular weight excluding hydrogens is 354 g/mol. The van der Waals surface area contributed by atoms with Gasteiger partial charge in [-0.15, -0.1) is 0 Å². The van der Waals surface area contributed by atoms with E-state index in [1.165, 1.54) is 0 Å². The highest BCUT2D eigenvalue weighted by Gasteiger charge is 2.41. The summed E-state index contributed by atoms with van der Waals surface area (Å²) < 4.78 is 6.30. The van der Waals surface area contributed by atoms with Gasteiger partial charge in [0.2, 0.25) is 5.91 Å². The van der Waals surface area contributed by atoms with Crippen LogP contribution in [0.25, 0.3) is 0 Å². The van der Waals surface area contributed by atoms with Crippen molar-refractivity contribution in [1.29, 1.82) is 0 Å². The van der Waals surface area contributed by atoms with Gasteiger partial charge in [-0.3, -0.25) is 9.59 Å². The zero-order chi connectivity index (χ0) is 19.6. The Bertz CT molecular complexity index is 876. The van der Waals surface area contributed by atoms with E-state index in [2.05, 4.69) is 0 Å². The number of hydrogen-bond acceptors (Lipinski definition) is 4. The molecule has 4 rings (SSSR count). The minimum Gasteiger partial charge on any atom is -0.508 e. The average molecular weight is 379 g/mol. The number of phenolic OH excluding ortho intramolecular Hbond substituents is 1. The molecule has 2 aliphatic heterocycles. The molecule has 0 bridgehead atoms. The summed E-state index contributed by atoms with van der Waals surface area (Å²) in [6.07, 6.45) is 3.79. The fraction of sp³-hybridized carbons (Fsp3) is 0.391. The van der Waals surface area contributed by atoms with Crippen LogP contribution in [0, 0.1) is 0 Å². The number of rotatable bonds is 3. The highest BCUT2D eigenvalue weighted by Crippen LogP contribution is 2.39. The normalized spacial score (nSPS) is 21.7. The molecule has 2 heterocycles. The van der Waals surface area contributed by atoms with Gasteiger partial charge in [-0.2, -0.15) is 0 Å². The molecule has 1 fully saturated rings. The van der Waals surface area contributed by atoms with E-state index in [4.69, 9.17) is 4.74 Å². The highest BCUT2D eigenvalue weighted by atomic mass is 16.5. The number of carbonyl (C=O) groups is 2. The monoisotopic (exact) mass is 379 g/mol. The van der Waals surface area contributed by atoms with E-state index in [0.29, 0.717) is 50.1 Å². The lowest BCUT2D eigenvalue weighted by molar-refractivity contribution is -0.131. The molecule has 5 heteroatoms. The summed E-state index contributed by atoms with van der Waals surface area (Å²) in [6.45, 7) is 1.32. The molecule has 2 aromatic carbocycles. The maximum atomic E-state index is 12.7. The predicted molar refractivity (Wildman–Crippen MR) is 106 cm³/mol. The van der Waals surface area contributed by atoms with Crippen LogP contribution in [-0.2, 0) is 11.2 Å². The van der Waals surface area contributed by atoms with E-state index in [9.17, 15) is 14.7 Å². The van der Waals surface area contributed by atoms with Crippen LogP contribution in [0.5, 0.6) is 11.5 Å². The first-order valence-corrected chi connectivity index (χ1v) is 9.92. The number of ether oxygens (including phenoxy) is 1. The van der Waals surface area contributed by atoms with Crippen LogP contribution in [0.15, 0.2) is 48.5 Å². The van der Waals surface area contributed by atoms with Crippen LogP contribution in [0.1, 0.15) is 48.0 Å². The Morgan fingerprint density at radius 1 is 1.07 bits per heavy atom. The molecule has 0 aliphatic carbocycles. The number of Topliss-reactive ketones (excluding diaryl/α,β-unsaturated/α-hetero) is 1. The summed E-state index contributed by atoms with van der Waals surface area (Å²) in [5.41, 5.74) is 1.21. The lowest BCUT2D eigenvalue weighted by Gasteiger charge is -2.37. The smallest absolute Gasteiger partial charge is 0.222 e. The quantitative estimate of drug-likeness (QED) is 0.882. The minimum atomic E-state index is -0.489. The van der Waals surface area contributed by atoms with E-state index in [-0.39, 0.29) is 17.4 Å². The van der Waals surface area contributed by atoms with Gasteiger partial charge < -0.3 is 14.7 Å². The van der Waals surface area contributed by atoms with E-state index in [1.807, 2.05) is 41.3 Å². The zero-order valence-electron chi connectivity index (χ0n) is 15.9. The highest BCUT2D eigenvalue weighted by molar-refractivity contribution is 6.00. The zero-order valence-corrected chi connectivity index (χ0v) is 15.9. The van der Waals surface area contributed by atoms with Gasteiger partial charge >= 0.3 is 0 Å². The Morgan fingerprint density at radius 3 is 2.68 bits per heavy atom. The Hall–Kier alpha value is -2.82. The van der Waals surface area contributed by atoms with Gasteiger partial charge in [0.1, 0.15) is 17.1 Å². The second kappa shape index (κ2) is 7.66. The summed E-state index contributed by atoms with van der Waals surface area (Å²) in [6, 6.07) is 14.4. The summed E-state index contributed by atoms with van der Waals surface area (Å²) in [5.74, 6) is 1.17. The molecule has 0 saturated carbocycles. The van der Waals surface area contributed by atoms with Crippen molar-refractivity contribution < 1.29 is 19.4 Å². The lowest BCUT2D eigenvalue weighted by Crippen LogP contribution is -2.43. The number of likely N-dealkylation sites (tertiary alicyclic amines) is 1. The van der Waals surface area contributed by atoms with E-state index >= 15 is 0 Å². The average Bonchev–Trinajstić information content (AvgIpc) is 2.90. The predicted octanol–water partition coefficient (Wildman–Crippen LogP) is 3.74. The molecule has 146 valence electrons. The second-order valence-electron chi connectivity index (χ2n) is 7.78. The number of nitrogens with zero attached hydrogens (tertiary/aromatic N) is 1. The van der Waals surface area contributed by atoms with Crippen molar-refractivity contribution in [3.05, 3.63) is 59.7 Å². The van der Waals surface area contributed by atoms with Gasteiger partial charge in [0.15, 0.2) is 5.78 Å². The number of carbonyl (C=O) groups excluding carboxylic acids is 2. The Labute approximate surface area is 164 Å². The van der Waals surface area contributed by atoms with Crippen LogP contribution in [0.3, 0.4) is 0 Å². The first kappa shape index (κ1) is 18.5. The van der Waals surface area contributed by atoms with Crippen LogP contribution >= 0.6 is 0 Å². The number of aryl methyl sites for hydroxylation is 1. The maximum absolute atomic E-state index is 12.7. The number of aromatic hydroxyl groups is 1. The molecule has 1 atom stereocenters. The molecule has 2 aromatic rings. The Balaban J connectivity index is 1.38. The van der Waals surface area contributed by atoms with Gasteiger partial charge in [-0.1, -0.05) is 24.3 Å². The molecule has 28 heavy (non-hydrogen) atoms. The van der Waals surface area contributed by atoms with Crippen molar-refractivity contribution in [3.63, 3.8) is 0 Å². The van der Waals surface area contributed by atoms with E-state index < -0.39 is 5.60 Å². The van der Waals surface area contributed by atoms with Crippen LogP contribution in [0.4, 0.5) is 0 Å². The Morgan fingerprint density at radius 2 is 1.86 bits per heavy atom. The number of phenols is 1. The minimum absolute atomic E-state index is 0.132. The summed E-state index contributed by atoms with van der Waals surface area (Å²) in [7, 11) is 0. The van der Waals surface area contributed by atoms with Crippen LogP contribution in [0.2, 0.25) is 0 Å². The van der Waals surface area contributed by atoms with Gasteiger partial charge in [-0.25, -0.2) is 0 Å². The molecular formula is C23H25NO4. The first-order valence-electron chi connectivity index (χ1n) is 9.92. The van der Waals surface area contributed by atoms with Gasteiger partial charge in [0.05, 0.1) is 12.0 Å². The topological polar surface area (TPSA) is 66.8 Å². The second-order valence-corrected chi connectivity index (χ2v) is 7.78. The number of benzene rings is 2. The van der Waals surface area contributed by atoms with Crippen molar-refractivity contribution in [1.82, 2.24) is 4.90 Å². The third kappa shape index (κ3) is 3.88. The molecule has 1 N–H and O–H groups in total. The number of fused-ring (bicyclic) bond motifs is 1. The van der Waals surface area contributed by atoms with Crippen molar-refractivity contribution in [2.24, 2.45) is 0 Å². The fourth-order valence-corrected chi connectivity index (χ4v) is 4.21. The molecule has 1 spiro atoms. The molecule has 1 saturated heterocycles. The Kier molecular flexibility index (Phi) is 5.07.